The van der Waals surface area contributed by atoms with E-state index in [1.807, 2.05) is 13.0 Å². The fourth-order valence-corrected chi connectivity index (χ4v) is 2.33. The topological polar surface area (TPSA) is 112 Å². The summed E-state index contributed by atoms with van der Waals surface area (Å²) in [7, 11) is 0. The van der Waals surface area contributed by atoms with Crippen molar-refractivity contribution in [1.29, 1.82) is 0 Å². The van der Waals surface area contributed by atoms with Crippen molar-refractivity contribution < 1.29 is 4.74 Å². The molecular weight excluding hydrogens is 266 g/mol. The number of hydrogen-bond acceptors (Lipinski definition) is 2. The fraction of sp³-hybridized carbons (Fsp3) is 0.333. The van der Waals surface area contributed by atoms with Gasteiger partial charge in [0.05, 0.1) is 6.61 Å². The Morgan fingerprint density at radius 1 is 1.29 bits per heavy atom. The molecule has 0 heterocycles. The van der Waals surface area contributed by atoms with Crippen molar-refractivity contribution in [2.45, 2.75) is 19.8 Å². The lowest BCUT2D eigenvalue weighted by Gasteiger charge is -2.08. The maximum absolute atomic E-state index is 5.58. The van der Waals surface area contributed by atoms with Crippen LogP contribution in [0.4, 0.5) is 0 Å². The van der Waals surface area contributed by atoms with Gasteiger partial charge in [-0.15, -0.1) is 0 Å². The Labute approximate surface area is 124 Å². The largest absolute Gasteiger partial charge is 0.494 e. The minimum Gasteiger partial charge on any atom is -0.494 e. The third kappa shape index (κ3) is 3.98. The summed E-state index contributed by atoms with van der Waals surface area (Å²) in [5, 5.41) is 0. The first-order valence-electron chi connectivity index (χ1n) is 6.95. The summed E-state index contributed by atoms with van der Waals surface area (Å²) < 4.78 is 5.55. The summed E-state index contributed by atoms with van der Waals surface area (Å²) in [4.78, 5) is 7.82. The number of allylic oxidation sites excluding steroid dienone is 1. The van der Waals surface area contributed by atoms with Crippen molar-refractivity contribution >= 4 is 17.5 Å². The molecule has 0 spiro atoms. The molecule has 0 amide bonds. The minimum atomic E-state index is -0.0805. The second-order valence-electron chi connectivity index (χ2n) is 4.71. The Morgan fingerprint density at radius 3 is 2.81 bits per heavy atom. The highest BCUT2D eigenvalue weighted by molar-refractivity contribution is 5.92. The molecule has 6 N–H and O–H groups in total. The quantitative estimate of drug-likeness (QED) is 0.554. The number of nitrogens with zero attached hydrogens (tertiary/aromatic N) is 2. The molecule has 0 aliphatic heterocycles. The lowest BCUT2D eigenvalue weighted by Crippen LogP contribution is -2.26. The van der Waals surface area contributed by atoms with Crippen molar-refractivity contribution in [2.24, 2.45) is 27.2 Å². The standard InChI is InChI=1S/C15H21N5O/c1-2-21-12-6-5-10-3-4-11(13(10)9-12)7-8-19-15(18)20-14(16)17/h4-6,9H,2-3,7-8H2,1H3,(H6,16,17,18,19,20). The minimum absolute atomic E-state index is 0.0805. The van der Waals surface area contributed by atoms with E-state index in [0.29, 0.717) is 13.2 Å². The van der Waals surface area contributed by atoms with E-state index in [-0.39, 0.29) is 11.9 Å². The summed E-state index contributed by atoms with van der Waals surface area (Å²) in [5.74, 6) is 0.924. The highest BCUT2D eigenvalue weighted by Gasteiger charge is 2.14. The van der Waals surface area contributed by atoms with Gasteiger partial charge in [0.2, 0.25) is 5.96 Å². The average molecular weight is 287 g/mol. The lowest BCUT2D eigenvalue weighted by molar-refractivity contribution is 0.340. The van der Waals surface area contributed by atoms with Crippen molar-refractivity contribution in [2.75, 3.05) is 13.2 Å². The van der Waals surface area contributed by atoms with Gasteiger partial charge in [-0.2, -0.15) is 4.99 Å². The molecule has 0 bridgehead atoms. The van der Waals surface area contributed by atoms with Crippen molar-refractivity contribution in [3.8, 4) is 5.75 Å². The summed E-state index contributed by atoms with van der Waals surface area (Å²) in [6.45, 7) is 3.19. The van der Waals surface area contributed by atoms with Gasteiger partial charge < -0.3 is 21.9 Å². The molecule has 0 radical (unpaired) electrons. The van der Waals surface area contributed by atoms with E-state index in [9.17, 15) is 0 Å². The van der Waals surface area contributed by atoms with Gasteiger partial charge in [-0.25, -0.2) is 0 Å². The third-order valence-electron chi connectivity index (χ3n) is 3.21. The predicted molar refractivity (Wildman–Crippen MR) is 86.2 cm³/mol. The number of hydrogen-bond donors (Lipinski definition) is 3. The summed E-state index contributed by atoms with van der Waals surface area (Å²) in [6, 6.07) is 6.20. The van der Waals surface area contributed by atoms with Crippen LogP contribution in [0.25, 0.3) is 5.57 Å². The Balaban J connectivity index is 2.02. The van der Waals surface area contributed by atoms with Crippen LogP contribution < -0.4 is 21.9 Å². The SMILES string of the molecule is CCOc1ccc2c(c1)C(CCN=C(N)N=C(N)N)=CC2. The maximum atomic E-state index is 5.58. The van der Waals surface area contributed by atoms with E-state index in [4.69, 9.17) is 21.9 Å². The second kappa shape index (κ2) is 6.78. The maximum Gasteiger partial charge on any atom is 0.218 e. The zero-order valence-electron chi connectivity index (χ0n) is 12.2. The number of rotatable bonds is 5. The summed E-state index contributed by atoms with van der Waals surface area (Å²) >= 11 is 0. The lowest BCUT2D eigenvalue weighted by atomic mass is 10.0. The number of guanidine groups is 2. The van der Waals surface area contributed by atoms with Gasteiger partial charge in [0, 0.05) is 6.54 Å². The molecule has 0 fully saturated rings. The van der Waals surface area contributed by atoms with Crippen LogP contribution in [0.3, 0.4) is 0 Å². The highest BCUT2D eigenvalue weighted by atomic mass is 16.5. The van der Waals surface area contributed by atoms with Crippen LogP contribution in [0.2, 0.25) is 0 Å². The molecule has 1 aliphatic rings. The van der Waals surface area contributed by atoms with Crippen LogP contribution in [0.1, 0.15) is 24.5 Å². The van der Waals surface area contributed by atoms with Gasteiger partial charge in [0.1, 0.15) is 5.75 Å². The smallest absolute Gasteiger partial charge is 0.218 e. The first-order valence-corrected chi connectivity index (χ1v) is 6.95. The van der Waals surface area contributed by atoms with E-state index in [1.54, 1.807) is 0 Å². The van der Waals surface area contributed by atoms with Gasteiger partial charge >= 0.3 is 0 Å². The van der Waals surface area contributed by atoms with Crippen LogP contribution in [0.15, 0.2) is 34.3 Å². The van der Waals surface area contributed by atoms with Gasteiger partial charge in [0.25, 0.3) is 0 Å². The Kier molecular flexibility index (Phi) is 4.81. The predicted octanol–water partition coefficient (Wildman–Crippen LogP) is 1.00. The van der Waals surface area contributed by atoms with Gasteiger partial charge in [-0.3, -0.25) is 4.99 Å². The molecule has 0 aromatic heterocycles. The Hall–Kier alpha value is -2.50. The Bertz CT molecular complexity index is 600. The molecule has 1 aromatic carbocycles. The number of fused-ring (bicyclic) bond motifs is 1. The van der Waals surface area contributed by atoms with E-state index in [2.05, 4.69) is 28.2 Å². The highest BCUT2D eigenvalue weighted by Crippen LogP contribution is 2.32. The first-order chi connectivity index (χ1) is 10.1. The van der Waals surface area contributed by atoms with Crippen LogP contribution in [0, 0.1) is 0 Å². The zero-order chi connectivity index (χ0) is 15.2. The van der Waals surface area contributed by atoms with Gasteiger partial charge in [-0.05, 0) is 48.6 Å². The monoisotopic (exact) mass is 287 g/mol. The molecule has 1 aliphatic carbocycles. The molecule has 0 saturated heterocycles. The molecule has 2 rings (SSSR count). The average Bonchev–Trinajstić information content (AvgIpc) is 2.81. The molecule has 1 aromatic rings. The summed E-state index contributed by atoms with van der Waals surface area (Å²) in [6.07, 6.45) is 3.96. The molecule has 112 valence electrons. The number of aliphatic imine (C=N–C) groups is 2. The van der Waals surface area contributed by atoms with Crippen molar-refractivity contribution in [3.63, 3.8) is 0 Å². The van der Waals surface area contributed by atoms with Crippen LogP contribution in [-0.2, 0) is 6.42 Å². The molecule has 0 unspecified atom stereocenters. The number of nitrogens with two attached hydrogens (primary N) is 3. The zero-order valence-corrected chi connectivity index (χ0v) is 12.2. The van der Waals surface area contributed by atoms with Crippen LogP contribution in [-0.4, -0.2) is 25.1 Å². The molecule has 0 saturated carbocycles. The molecule has 6 heteroatoms. The third-order valence-corrected chi connectivity index (χ3v) is 3.21. The summed E-state index contributed by atoms with van der Waals surface area (Å²) in [5.41, 5.74) is 19.9. The molecular formula is C15H21N5O. The van der Waals surface area contributed by atoms with E-state index in [0.717, 1.165) is 18.6 Å². The fourth-order valence-electron chi connectivity index (χ4n) is 2.33. The van der Waals surface area contributed by atoms with Crippen molar-refractivity contribution in [1.82, 2.24) is 0 Å². The van der Waals surface area contributed by atoms with Crippen LogP contribution in [0.5, 0.6) is 5.75 Å². The molecule has 21 heavy (non-hydrogen) atoms. The van der Waals surface area contributed by atoms with Crippen molar-refractivity contribution in [3.05, 3.63) is 35.4 Å². The molecule has 6 nitrogen and oxygen atoms in total. The van der Waals surface area contributed by atoms with E-state index < -0.39 is 0 Å². The van der Waals surface area contributed by atoms with E-state index in [1.165, 1.54) is 16.7 Å². The first kappa shape index (κ1) is 14.9. The number of benzene rings is 1. The van der Waals surface area contributed by atoms with Gasteiger partial charge in [-0.1, -0.05) is 12.1 Å². The van der Waals surface area contributed by atoms with E-state index >= 15 is 0 Å². The second-order valence-corrected chi connectivity index (χ2v) is 4.71. The van der Waals surface area contributed by atoms with Gasteiger partial charge in [0.15, 0.2) is 5.96 Å². The number of ether oxygens (including phenoxy) is 1. The normalized spacial score (nSPS) is 13.6. The molecule has 0 atom stereocenters. The Morgan fingerprint density at radius 2 is 2.10 bits per heavy atom. The van der Waals surface area contributed by atoms with Crippen LogP contribution >= 0.6 is 0 Å².